The van der Waals surface area contributed by atoms with Gasteiger partial charge in [-0.15, -0.1) is 21.5 Å². The molecule has 1 aromatic carbocycles. The fourth-order valence-electron chi connectivity index (χ4n) is 2.63. The van der Waals surface area contributed by atoms with Gasteiger partial charge in [0.15, 0.2) is 21.0 Å². The van der Waals surface area contributed by atoms with Gasteiger partial charge in [-0.1, -0.05) is 36.0 Å². The van der Waals surface area contributed by atoms with E-state index in [2.05, 4.69) is 55.7 Å². The zero-order chi connectivity index (χ0) is 18.1. The standard InChI is InChI=1S/C17H16N6S3/c1-4-23-14(11-8-6-5-7-10(11)2)21-22-16(23)26-15-12-13(18-9-19-15)20-17(24-3)25-12/h5-9H,4H2,1-3H3. The molecule has 132 valence electrons. The molecule has 0 atom stereocenters. The second-order valence-electron chi connectivity index (χ2n) is 5.48. The molecule has 0 bridgehead atoms. The molecule has 0 saturated carbocycles. The highest BCUT2D eigenvalue weighted by molar-refractivity contribution is 8.00. The lowest BCUT2D eigenvalue weighted by Gasteiger charge is -2.08. The van der Waals surface area contributed by atoms with Crippen LogP contribution in [0.15, 0.2) is 45.1 Å². The molecule has 0 aliphatic heterocycles. The second kappa shape index (κ2) is 7.34. The summed E-state index contributed by atoms with van der Waals surface area (Å²) in [6, 6.07) is 8.23. The molecule has 9 heteroatoms. The number of hydrogen-bond acceptors (Lipinski definition) is 8. The van der Waals surface area contributed by atoms with Crippen molar-refractivity contribution in [1.29, 1.82) is 0 Å². The van der Waals surface area contributed by atoms with Crippen molar-refractivity contribution in [2.24, 2.45) is 0 Å². The van der Waals surface area contributed by atoms with Crippen LogP contribution in [0.4, 0.5) is 0 Å². The van der Waals surface area contributed by atoms with Crippen LogP contribution < -0.4 is 0 Å². The van der Waals surface area contributed by atoms with Gasteiger partial charge in [0.1, 0.15) is 16.1 Å². The summed E-state index contributed by atoms with van der Waals surface area (Å²) in [5.41, 5.74) is 3.02. The van der Waals surface area contributed by atoms with E-state index in [0.29, 0.717) is 0 Å². The van der Waals surface area contributed by atoms with E-state index in [-0.39, 0.29) is 0 Å². The highest BCUT2D eigenvalue weighted by Gasteiger charge is 2.18. The maximum absolute atomic E-state index is 4.51. The van der Waals surface area contributed by atoms with Crippen LogP contribution in [0.3, 0.4) is 0 Å². The first-order valence-electron chi connectivity index (χ1n) is 8.03. The van der Waals surface area contributed by atoms with Gasteiger partial charge in [-0.3, -0.25) is 0 Å². The van der Waals surface area contributed by atoms with Crippen molar-refractivity contribution in [3.63, 3.8) is 0 Å². The zero-order valence-electron chi connectivity index (χ0n) is 14.5. The number of hydrogen-bond donors (Lipinski definition) is 0. The van der Waals surface area contributed by atoms with Crippen molar-refractivity contribution < 1.29 is 0 Å². The fourth-order valence-corrected chi connectivity index (χ4v) is 5.14. The highest BCUT2D eigenvalue weighted by Crippen LogP contribution is 2.36. The Bertz CT molecular complexity index is 1070. The maximum atomic E-state index is 4.51. The summed E-state index contributed by atoms with van der Waals surface area (Å²) >= 11 is 4.74. The van der Waals surface area contributed by atoms with E-state index in [4.69, 9.17) is 0 Å². The zero-order valence-corrected chi connectivity index (χ0v) is 17.0. The van der Waals surface area contributed by atoms with Crippen molar-refractivity contribution in [2.45, 2.75) is 34.9 Å². The summed E-state index contributed by atoms with van der Waals surface area (Å²) in [5, 5.41) is 10.6. The third kappa shape index (κ3) is 3.10. The normalized spacial score (nSPS) is 11.3. The van der Waals surface area contributed by atoms with Gasteiger partial charge in [0.25, 0.3) is 0 Å². The van der Waals surface area contributed by atoms with Gasteiger partial charge in [0.2, 0.25) is 0 Å². The Balaban J connectivity index is 1.76. The molecule has 0 N–H and O–H groups in total. The lowest BCUT2D eigenvalue weighted by atomic mass is 10.1. The van der Waals surface area contributed by atoms with Crippen LogP contribution in [0.25, 0.3) is 21.7 Å². The van der Waals surface area contributed by atoms with Crippen LogP contribution in [0.5, 0.6) is 0 Å². The van der Waals surface area contributed by atoms with Crippen molar-refractivity contribution >= 4 is 45.2 Å². The summed E-state index contributed by atoms with van der Waals surface area (Å²) in [6.45, 7) is 4.97. The SMILES string of the molecule is CCn1c(Sc2ncnc3nc(SC)sc23)nnc1-c1ccccc1C. The molecule has 4 rings (SSSR count). The van der Waals surface area contributed by atoms with Crippen LogP contribution in [0.1, 0.15) is 12.5 Å². The Morgan fingerprint density at radius 2 is 2.00 bits per heavy atom. The smallest absolute Gasteiger partial charge is 0.197 e. The minimum absolute atomic E-state index is 0.735. The quantitative estimate of drug-likeness (QED) is 0.360. The minimum atomic E-state index is 0.735. The number of rotatable bonds is 5. The van der Waals surface area contributed by atoms with Gasteiger partial charge in [0, 0.05) is 12.1 Å². The van der Waals surface area contributed by atoms with E-state index in [0.717, 1.165) is 42.8 Å². The number of aromatic nitrogens is 6. The van der Waals surface area contributed by atoms with Crippen molar-refractivity contribution in [3.8, 4) is 11.4 Å². The summed E-state index contributed by atoms with van der Waals surface area (Å²) in [4.78, 5) is 13.2. The second-order valence-corrected chi connectivity index (χ2v) is 8.49. The Morgan fingerprint density at radius 3 is 2.77 bits per heavy atom. The first-order chi connectivity index (χ1) is 12.7. The van der Waals surface area contributed by atoms with E-state index in [1.54, 1.807) is 29.4 Å². The molecule has 0 fully saturated rings. The minimum Gasteiger partial charge on any atom is -0.302 e. The van der Waals surface area contributed by atoms with Crippen LogP contribution in [0.2, 0.25) is 0 Å². The Morgan fingerprint density at radius 1 is 1.15 bits per heavy atom. The number of nitrogens with zero attached hydrogens (tertiary/aromatic N) is 6. The molecule has 0 amide bonds. The number of thioether (sulfide) groups is 1. The molecular weight excluding hydrogens is 384 g/mol. The maximum Gasteiger partial charge on any atom is 0.197 e. The van der Waals surface area contributed by atoms with Gasteiger partial charge in [0.05, 0.1) is 0 Å². The average molecular weight is 401 g/mol. The first kappa shape index (κ1) is 17.4. The number of thiazole rings is 1. The molecule has 0 spiro atoms. The summed E-state index contributed by atoms with van der Waals surface area (Å²) in [5.74, 6) is 0.882. The van der Waals surface area contributed by atoms with Gasteiger partial charge in [-0.2, -0.15) is 0 Å². The topological polar surface area (TPSA) is 69.4 Å². The Hall–Kier alpha value is -1.97. The van der Waals surface area contributed by atoms with Crippen LogP contribution >= 0.6 is 34.9 Å². The Kier molecular flexibility index (Phi) is 4.92. The van der Waals surface area contributed by atoms with Gasteiger partial charge in [-0.05, 0) is 37.4 Å². The lowest BCUT2D eigenvalue weighted by molar-refractivity contribution is 0.686. The Labute approximate surface area is 163 Å². The van der Waals surface area contributed by atoms with E-state index >= 15 is 0 Å². The van der Waals surface area contributed by atoms with Crippen LogP contribution in [0, 0.1) is 6.92 Å². The third-order valence-corrected chi connectivity index (χ3v) is 7.07. The summed E-state index contributed by atoms with van der Waals surface area (Å²) in [6.07, 6.45) is 3.57. The average Bonchev–Trinajstić information content (AvgIpc) is 3.26. The number of fused-ring (bicyclic) bond motifs is 1. The van der Waals surface area contributed by atoms with Crippen LogP contribution in [-0.4, -0.2) is 36.0 Å². The molecule has 3 heterocycles. The fraction of sp³-hybridized carbons (Fsp3) is 0.235. The van der Waals surface area contributed by atoms with Crippen LogP contribution in [-0.2, 0) is 6.54 Å². The third-order valence-electron chi connectivity index (χ3n) is 3.92. The highest BCUT2D eigenvalue weighted by atomic mass is 32.2. The molecule has 0 aliphatic rings. The number of benzene rings is 1. The van der Waals surface area contributed by atoms with E-state index in [1.165, 1.54) is 17.3 Å². The molecular formula is C17H16N6S3. The predicted molar refractivity (Wildman–Crippen MR) is 107 cm³/mol. The first-order valence-corrected chi connectivity index (χ1v) is 10.9. The number of aryl methyl sites for hydroxylation is 1. The summed E-state index contributed by atoms with van der Waals surface area (Å²) < 4.78 is 4.10. The summed E-state index contributed by atoms with van der Waals surface area (Å²) in [7, 11) is 0. The lowest BCUT2D eigenvalue weighted by Crippen LogP contribution is -2.00. The monoisotopic (exact) mass is 400 g/mol. The molecule has 26 heavy (non-hydrogen) atoms. The molecule has 0 unspecified atom stereocenters. The largest absolute Gasteiger partial charge is 0.302 e. The van der Waals surface area contributed by atoms with Gasteiger partial charge >= 0.3 is 0 Å². The van der Waals surface area contributed by atoms with Crippen molar-refractivity contribution in [2.75, 3.05) is 6.26 Å². The van der Waals surface area contributed by atoms with E-state index in [1.807, 2.05) is 18.4 Å². The molecule has 3 aromatic heterocycles. The van der Waals surface area contributed by atoms with Crippen molar-refractivity contribution in [3.05, 3.63) is 36.2 Å². The molecule has 0 aliphatic carbocycles. The predicted octanol–water partition coefficient (Wildman–Crippen LogP) is 4.55. The van der Waals surface area contributed by atoms with E-state index in [9.17, 15) is 0 Å². The molecule has 0 radical (unpaired) electrons. The van der Waals surface area contributed by atoms with Gasteiger partial charge < -0.3 is 4.57 Å². The molecule has 0 saturated heterocycles. The van der Waals surface area contributed by atoms with Gasteiger partial charge in [-0.25, -0.2) is 15.0 Å². The van der Waals surface area contributed by atoms with E-state index < -0.39 is 0 Å². The molecule has 4 aromatic rings. The molecule has 6 nitrogen and oxygen atoms in total. The van der Waals surface area contributed by atoms with Crippen molar-refractivity contribution in [1.82, 2.24) is 29.7 Å².